The summed E-state index contributed by atoms with van der Waals surface area (Å²) in [4.78, 5) is 15.3. The minimum absolute atomic E-state index is 0.00388. The lowest BCUT2D eigenvalue weighted by Gasteiger charge is -2.31. The predicted octanol–water partition coefficient (Wildman–Crippen LogP) is 6.07. The molecule has 0 saturated carbocycles. The number of alkyl halides is 3. The zero-order valence-corrected chi connectivity index (χ0v) is 17.6. The highest BCUT2D eigenvalue weighted by molar-refractivity contribution is 6.30. The molecule has 0 aliphatic carbocycles. The SMILES string of the molecule is C[C@@H]1CCCN(Cc2c(O)ccc3c(=O)c(-c4ccc(Cl)cc4)c(C(F)(F)F)oc23)C1. The van der Waals surface area contributed by atoms with Gasteiger partial charge in [-0.1, -0.05) is 30.7 Å². The first kappa shape index (κ1) is 21.7. The van der Waals surface area contributed by atoms with E-state index in [2.05, 4.69) is 11.8 Å². The van der Waals surface area contributed by atoms with E-state index in [0.717, 1.165) is 25.9 Å². The number of hydrogen-bond donors (Lipinski definition) is 1. The maximum atomic E-state index is 13.9. The molecule has 2 aromatic carbocycles. The second-order valence-corrected chi connectivity index (χ2v) is 8.50. The highest BCUT2D eigenvalue weighted by Gasteiger charge is 2.40. The largest absolute Gasteiger partial charge is 0.507 e. The molecule has 31 heavy (non-hydrogen) atoms. The maximum absolute atomic E-state index is 13.9. The molecule has 1 atom stereocenters. The molecular formula is C23H21ClF3NO3. The monoisotopic (exact) mass is 451 g/mol. The van der Waals surface area contributed by atoms with Crippen molar-refractivity contribution >= 4 is 22.6 Å². The summed E-state index contributed by atoms with van der Waals surface area (Å²) < 4.78 is 47.2. The second kappa shape index (κ2) is 8.20. The van der Waals surface area contributed by atoms with Crippen molar-refractivity contribution in [2.75, 3.05) is 13.1 Å². The Labute approximate surface area is 181 Å². The molecule has 0 bridgehead atoms. The van der Waals surface area contributed by atoms with E-state index in [1.807, 2.05) is 0 Å². The first-order chi connectivity index (χ1) is 14.6. The third-order valence-electron chi connectivity index (χ3n) is 5.65. The van der Waals surface area contributed by atoms with Crippen molar-refractivity contribution in [2.24, 2.45) is 5.92 Å². The van der Waals surface area contributed by atoms with Crippen LogP contribution >= 0.6 is 11.6 Å². The fourth-order valence-electron chi connectivity index (χ4n) is 4.19. The van der Waals surface area contributed by atoms with Crippen LogP contribution in [0, 0.1) is 5.92 Å². The molecule has 8 heteroatoms. The van der Waals surface area contributed by atoms with E-state index in [0.29, 0.717) is 10.9 Å². The summed E-state index contributed by atoms with van der Waals surface area (Å²) in [6.07, 6.45) is -2.86. The van der Waals surface area contributed by atoms with E-state index in [-0.39, 0.29) is 34.4 Å². The van der Waals surface area contributed by atoms with E-state index in [4.69, 9.17) is 16.0 Å². The number of benzene rings is 2. The van der Waals surface area contributed by atoms with Gasteiger partial charge in [-0.3, -0.25) is 9.69 Å². The highest BCUT2D eigenvalue weighted by atomic mass is 35.5. The molecule has 0 amide bonds. The Kier molecular flexibility index (Phi) is 5.75. The lowest BCUT2D eigenvalue weighted by Crippen LogP contribution is -2.33. The second-order valence-electron chi connectivity index (χ2n) is 8.06. The Morgan fingerprint density at radius 1 is 1.19 bits per heavy atom. The number of hydrogen-bond acceptors (Lipinski definition) is 4. The number of fused-ring (bicyclic) bond motifs is 1. The highest BCUT2D eigenvalue weighted by Crippen LogP contribution is 2.39. The van der Waals surface area contributed by atoms with Gasteiger partial charge in [-0.05, 0) is 55.1 Å². The third-order valence-corrected chi connectivity index (χ3v) is 5.90. The first-order valence-electron chi connectivity index (χ1n) is 10.0. The molecule has 4 rings (SSSR count). The topological polar surface area (TPSA) is 53.7 Å². The quantitative estimate of drug-likeness (QED) is 0.525. The van der Waals surface area contributed by atoms with Crippen molar-refractivity contribution in [1.29, 1.82) is 0 Å². The average Bonchev–Trinajstić information content (AvgIpc) is 2.70. The Morgan fingerprint density at radius 3 is 2.55 bits per heavy atom. The van der Waals surface area contributed by atoms with E-state index in [1.54, 1.807) is 0 Å². The van der Waals surface area contributed by atoms with Gasteiger partial charge in [-0.15, -0.1) is 0 Å². The average molecular weight is 452 g/mol. The summed E-state index contributed by atoms with van der Waals surface area (Å²) in [5.41, 5.74) is -1.35. The maximum Gasteiger partial charge on any atom is 0.450 e. The summed E-state index contributed by atoms with van der Waals surface area (Å²) >= 11 is 5.85. The van der Waals surface area contributed by atoms with Gasteiger partial charge in [0, 0.05) is 18.1 Å². The fourth-order valence-corrected chi connectivity index (χ4v) is 4.31. The molecule has 4 nitrogen and oxygen atoms in total. The van der Waals surface area contributed by atoms with Crippen LogP contribution in [0.5, 0.6) is 5.75 Å². The van der Waals surface area contributed by atoms with Gasteiger partial charge >= 0.3 is 6.18 Å². The molecule has 1 N–H and O–H groups in total. The Hall–Kier alpha value is -2.51. The molecule has 0 radical (unpaired) electrons. The lowest BCUT2D eigenvalue weighted by atomic mass is 9.98. The van der Waals surface area contributed by atoms with Crippen LogP contribution in [0.15, 0.2) is 45.6 Å². The van der Waals surface area contributed by atoms with E-state index >= 15 is 0 Å². The molecule has 1 saturated heterocycles. The van der Waals surface area contributed by atoms with E-state index < -0.39 is 22.9 Å². The van der Waals surface area contributed by atoms with E-state index in [1.165, 1.54) is 36.4 Å². The number of nitrogens with zero attached hydrogens (tertiary/aromatic N) is 1. The summed E-state index contributed by atoms with van der Waals surface area (Å²) in [6, 6.07) is 8.18. The molecule has 1 aromatic heterocycles. The molecule has 0 spiro atoms. The lowest BCUT2D eigenvalue weighted by molar-refractivity contribution is -0.152. The van der Waals surface area contributed by atoms with Gasteiger partial charge in [0.2, 0.25) is 11.2 Å². The van der Waals surface area contributed by atoms with Gasteiger partial charge in [0.15, 0.2) is 0 Å². The van der Waals surface area contributed by atoms with Crippen LogP contribution in [-0.2, 0) is 12.7 Å². The number of aromatic hydroxyl groups is 1. The molecule has 0 unspecified atom stereocenters. The van der Waals surface area contributed by atoms with Crippen LogP contribution in [0.25, 0.3) is 22.1 Å². The van der Waals surface area contributed by atoms with Crippen molar-refractivity contribution in [1.82, 2.24) is 4.90 Å². The first-order valence-corrected chi connectivity index (χ1v) is 10.4. The summed E-state index contributed by atoms with van der Waals surface area (Å²) in [7, 11) is 0. The number of rotatable bonds is 3. The molecule has 164 valence electrons. The standard InChI is InChI=1S/C23H21ClF3NO3/c1-13-3-2-10-28(11-13)12-17-18(29)9-8-16-20(30)19(14-4-6-15(24)7-5-14)22(23(25,26)27)31-21(16)17/h4-9,13,29H,2-3,10-12H2,1H3/t13-/m1/s1. The number of phenolic OH excluding ortho intramolecular Hbond substituents is 1. The number of phenols is 1. The van der Waals surface area contributed by atoms with Crippen molar-refractivity contribution in [3.8, 4) is 16.9 Å². The smallest absolute Gasteiger partial charge is 0.450 e. The van der Waals surface area contributed by atoms with Gasteiger partial charge in [0.05, 0.1) is 16.5 Å². The minimum atomic E-state index is -4.90. The fraction of sp³-hybridized carbons (Fsp3) is 0.348. The minimum Gasteiger partial charge on any atom is -0.507 e. The number of likely N-dealkylation sites (tertiary alicyclic amines) is 1. The van der Waals surface area contributed by atoms with Gasteiger partial charge in [0.25, 0.3) is 0 Å². The third kappa shape index (κ3) is 4.29. The van der Waals surface area contributed by atoms with Crippen LogP contribution in [-0.4, -0.2) is 23.1 Å². The zero-order chi connectivity index (χ0) is 22.3. The molecule has 3 aromatic rings. The number of halogens is 4. The van der Waals surface area contributed by atoms with Crippen molar-refractivity contribution in [3.05, 3.63) is 63.0 Å². The molecule has 1 aliphatic heterocycles. The Morgan fingerprint density at radius 2 is 1.90 bits per heavy atom. The van der Waals surface area contributed by atoms with Gasteiger partial charge < -0.3 is 9.52 Å². The molecular weight excluding hydrogens is 431 g/mol. The van der Waals surface area contributed by atoms with Crippen LogP contribution in [0.4, 0.5) is 13.2 Å². The van der Waals surface area contributed by atoms with Gasteiger partial charge in [-0.2, -0.15) is 13.2 Å². The van der Waals surface area contributed by atoms with Crippen molar-refractivity contribution < 1.29 is 22.7 Å². The van der Waals surface area contributed by atoms with Crippen LogP contribution in [0.2, 0.25) is 5.02 Å². The Bertz CT molecular complexity index is 1170. The van der Waals surface area contributed by atoms with Crippen molar-refractivity contribution in [3.63, 3.8) is 0 Å². The molecule has 1 aliphatic rings. The number of piperidine rings is 1. The van der Waals surface area contributed by atoms with Crippen LogP contribution in [0.1, 0.15) is 31.1 Å². The summed E-state index contributed by atoms with van der Waals surface area (Å²) in [5, 5.41) is 10.8. The van der Waals surface area contributed by atoms with Crippen LogP contribution in [0.3, 0.4) is 0 Å². The van der Waals surface area contributed by atoms with Crippen molar-refractivity contribution in [2.45, 2.75) is 32.5 Å². The van der Waals surface area contributed by atoms with Gasteiger partial charge in [-0.25, -0.2) is 0 Å². The molecule has 2 heterocycles. The van der Waals surface area contributed by atoms with E-state index in [9.17, 15) is 23.1 Å². The predicted molar refractivity (Wildman–Crippen MR) is 113 cm³/mol. The molecule has 1 fully saturated rings. The zero-order valence-electron chi connectivity index (χ0n) is 16.8. The summed E-state index contributed by atoms with van der Waals surface area (Å²) in [5.74, 6) is -1.13. The summed E-state index contributed by atoms with van der Waals surface area (Å²) in [6.45, 7) is 3.83. The van der Waals surface area contributed by atoms with Crippen LogP contribution < -0.4 is 5.43 Å². The normalized spacial score (nSPS) is 17.9. The van der Waals surface area contributed by atoms with Gasteiger partial charge in [0.1, 0.15) is 11.3 Å². The Balaban J connectivity index is 1.94.